The molecule has 0 spiro atoms. The lowest BCUT2D eigenvalue weighted by atomic mass is 9.86. The number of amides is 1. The summed E-state index contributed by atoms with van der Waals surface area (Å²) >= 11 is 0. The molecule has 0 saturated heterocycles. The van der Waals surface area contributed by atoms with Crippen molar-refractivity contribution < 1.29 is 4.79 Å². The molecule has 0 radical (unpaired) electrons. The third kappa shape index (κ3) is 3.30. The van der Waals surface area contributed by atoms with Crippen molar-refractivity contribution in [3.63, 3.8) is 0 Å². The lowest BCUT2D eigenvalue weighted by Gasteiger charge is -2.28. The molecule has 0 atom stereocenters. The predicted octanol–water partition coefficient (Wildman–Crippen LogP) is 1.93. The van der Waals surface area contributed by atoms with Gasteiger partial charge in [0, 0.05) is 11.6 Å². The van der Waals surface area contributed by atoms with Crippen LogP contribution < -0.4 is 11.1 Å². The number of benzene rings is 1. The van der Waals surface area contributed by atoms with Crippen LogP contribution in [0.15, 0.2) is 30.3 Å². The summed E-state index contributed by atoms with van der Waals surface area (Å²) in [5, 5.41) is 3.10. The summed E-state index contributed by atoms with van der Waals surface area (Å²) in [4.78, 5) is 11.9. The SMILES string of the molecule is NCC1CCC(NC(=O)c2ccccc2)CC1. The van der Waals surface area contributed by atoms with Crippen LogP contribution in [0.25, 0.3) is 0 Å². The van der Waals surface area contributed by atoms with Gasteiger partial charge in [0.25, 0.3) is 5.91 Å². The van der Waals surface area contributed by atoms with Crippen LogP contribution in [0.2, 0.25) is 0 Å². The van der Waals surface area contributed by atoms with Crippen molar-refractivity contribution in [2.24, 2.45) is 11.7 Å². The molecule has 0 heterocycles. The Balaban J connectivity index is 1.84. The highest BCUT2D eigenvalue weighted by Crippen LogP contribution is 2.23. The standard InChI is InChI=1S/C14H20N2O/c15-10-11-6-8-13(9-7-11)16-14(17)12-4-2-1-3-5-12/h1-5,11,13H,6-10,15H2,(H,16,17). The van der Waals surface area contributed by atoms with E-state index in [1.165, 1.54) is 0 Å². The van der Waals surface area contributed by atoms with Crippen LogP contribution >= 0.6 is 0 Å². The molecule has 17 heavy (non-hydrogen) atoms. The molecule has 3 N–H and O–H groups in total. The van der Waals surface area contributed by atoms with Crippen LogP contribution in [-0.2, 0) is 0 Å². The number of rotatable bonds is 3. The lowest BCUT2D eigenvalue weighted by Crippen LogP contribution is -2.38. The fraction of sp³-hybridized carbons (Fsp3) is 0.500. The van der Waals surface area contributed by atoms with Crippen LogP contribution in [0.4, 0.5) is 0 Å². The Morgan fingerprint density at radius 2 is 1.82 bits per heavy atom. The molecule has 0 aliphatic heterocycles. The number of carbonyl (C=O) groups is 1. The zero-order valence-corrected chi connectivity index (χ0v) is 10.1. The molecular weight excluding hydrogens is 212 g/mol. The van der Waals surface area contributed by atoms with E-state index in [1.54, 1.807) is 0 Å². The first-order valence-electron chi connectivity index (χ1n) is 6.35. The summed E-state index contributed by atoms with van der Waals surface area (Å²) in [7, 11) is 0. The van der Waals surface area contributed by atoms with Crippen LogP contribution in [0.3, 0.4) is 0 Å². The zero-order valence-electron chi connectivity index (χ0n) is 10.1. The fourth-order valence-corrected chi connectivity index (χ4v) is 2.40. The Morgan fingerprint density at radius 1 is 1.18 bits per heavy atom. The van der Waals surface area contributed by atoms with Crippen molar-refractivity contribution in [3.05, 3.63) is 35.9 Å². The second-order valence-corrected chi connectivity index (χ2v) is 4.79. The van der Waals surface area contributed by atoms with Crippen molar-refractivity contribution in [1.82, 2.24) is 5.32 Å². The molecule has 1 aromatic carbocycles. The first kappa shape index (κ1) is 12.1. The summed E-state index contributed by atoms with van der Waals surface area (Å²) in [6.07, 6.45) is 4.38. The number of hydrogen-bond donors (Lipinski definition) is 2. The summed E-state index contributed by atoms with van der Waals surface area (Å²) in [6, 6.07) is 9.72. The highest BCUT2D eigenvalue weighted by Gasteiger charge is 2.21. The summed E-state index contributed by atoms with van der Waals surface area (Å²) in [5.74, 6) is 0.696. The fourth-order valence-electron chi connectivity index (χ4n) is 2.40. The first-order chi connectivity index (χ1) is 8.29. The molecule has 0 unspecified atom stereocenters. The molecule has 92 valence electrons. The Kier molecular flexibility index (Phi) is 4.15. The molecule has 1 aliphatic rings. The third-order valence-electron chi connectivity index (χ3n) is 3.55. The van der Waals surface area contributed by atoms with Gasteiger partial charge in [-0.15, -0.1) is 0 Å². The van der Waals surface area contributed by atoms with E-state index in [0.29, 0.717) is 12.0 Å². The van der Waals surface area contributed by atoms with Crippen molar-refractivity contribution in [1.29, 1.82) is 0 Å². The van der Waals surface area contributed by atoms with E-state index < -0.39 is 0 Å². The van der Waals surface area contributed by atoms with Crippen molar-refractivity contribution in [2.75, 3.05) is 6.54 Å². The second kappa shape index (κ2) is 5.82. The van der Waals surface area contributed by atoms with Gasteiger partial charge in [-0.05, 0) is 50.3 Å². The van der Waals surface area contributed by atoms with E-state index >= 15 is 0 Å². The van der Waals surface area contributed by atoms with E-state index in [1.807, 2.05) is 30.3 Å². The maximum Gasteiger partial charge on any atom is 0.251 e. The van der Waals surface area contributed by atoms with Crippen LogP contribution in [0.1, 0.15) is 36.0 Å². The molecular formula is C14H20N2O. The molecule has 1 fully saturated rings. The average Bonchev–Trinajstić information content (AvgIpc) is 2.40. The smallest absolute Gasteiger partial charge is 0.251 e. The molecule has 1 amide bonds. The molecule has 2 rings (SSSR count). The quantitative estimate of drug-likeness (QED) is 0.836. The highest BCUT2D eigenvalue weighted by atomic mass is 16.1. The van der Waals surface area contributed by atoms with Gasteiger partial charge in [0.05, 0.1) is 0 Å². The summed E-state index contributed by atoms with van der Waals surface area (Å²) < 4.78 is 0. The number of nitrogens with two attached hydrogens (primary N) is 1. The molecule has 0 bridgehead atoms. The van der Waals surface area contributed by atoms with Gasteiger partial charge >= 0.3 is 0 Å². The Labute approximate surface area is 102 Å². The number of carbonyl (C=O) groups excluding carboxylic acids is 1. The van der Waals surface area contributed by atoms with Crippen LogP contribution in [0, 0.1) is 5.92 Å². The molecule has 1 aromatic rings. The molecule has 1 saturated carbocycles. The second-order valence-electron chi connectivity index (χ2n) is 4.79. The lowest BCUT2D eigenvalue weighted by molar-refractivity contribution is 0.0922. The normalized spacial score (nSPS) is 24.3. The maximum atomic E-state index is 11.9. The van der Waals surface area contributed by atoms with Crippen LogP contribution in [-0.4, -0.2) is 18.5 Å². The van der Waals surface area contributed by atoms with E-state index in [2.05, 4.69) is 5.32 Å². The van der Waals surface area contributed by atoms with Crippen molar-refractivity contribution >= 4 is 5.91 Å². The molecule has 3 heteroatoms. The minimum Gasteiger partial charge on any atom is -0.349 e. The number of hydrogen-bond acceptors (Lipinski definition) is 2. The van der Waals surface area contributed by atoms with Gasteiger partial charge in [0.15, 0.2) is 0 Å². The van der Waals surface area contributed by atoms with Crippen molar-refractivity contribution in [2.45, 2.75) is 31.7 Å². The van der Waals surface area contributed by atoms with Gasteiger partial charge in [0.1, 0.15) is 0 Å². The van der Waals surface area contributed by atoms with Gasteiger partial charge in [-0.1, -0.05) is 18.2 Å². The Morgan fingerprint density at radius 3 is 2.41 bits per heavy atom. The van der Waals surface area contributed by atoms with E-state index in [4.69, 9.17) is 5.73 Å². The third-order valence-corrected chi connectivity index (χ3v) is 3.55. The monoisotopic (exact) mass is 232 g/mol. The van der Waals surface area contributed by atoms with E-state index in [9.17, 15) is 4.79 Å². The zero-order chi connectivity index (χ0) is 12.1. The predicted molar refractivity (Wildman–Crippen MR) is 68.7 cm³/mol. The van der Waals surface area contributed by atoms with Gasteiger partial charge in [-0.3, -0.25) is 4.79 Å². The molecule has 3 nitrogen and oxygen atoms in total. The minimum absolute atomic E-state index is 0.0433. The largest absolute Gasteiger partial charge is 0.349 e. The highest BCUT2D eigenvalue weighted by molar-refractivity contribution is 5.94. The van der Waals surface area contributed by atoms with Gasteiger partial charge < -0.3 is 11.1 Å². The van der Waals surface area contributed by atoms with Gasteiger partial charge in [-0.2, -0.15) is 0 Å². The van der Waals surface area contributed by atoms with Crippen molar-refractivity contribution in [3.8, 4) is 0 Å². The average molecular weight is 232 g/mol. The van der Waals surface area contributed by atoms with Gasteiger partial charge in [-0.25, -0.2) is 0 Å². The summed E-state index contributed by atoms with van der Waals surface area (Å²) in [6.45, 7) is 0.777. The van der Waals surface area contributed by atoms with Gasteiger partial charge in [0.2, 0.25) is 0 Å². The topological polar surface area (TPSA) is 55.1 Å². The van der Waals surface area contributed by atoms with E-state index in [-0.39, 0.29) is 5.91 Å². The number of nitrogens with one attached hydrogen (secondary N) is 1. The van der Waals surface area contributed by atoms with Crippen LogP contribution in [0.5, 0.6) is 0 Å². The molecule has 0 aromatic heterocycles. The first-order valence-corrected chi connectivity index (χ1v) is 6.35. The Bertz CT molecular complexity index is 356. The van der Waals surface area contributed by atoms with E-state index in [0.717, 1.165) is 37.8 Å². The Hall–Kier alpha value is -1.35. The minimum atomic E-state index is 0.0433. The summed E-state index contributed by atoms with van der Waals surface area (Å²) in [5.41, 5.74) is 6.40. The molecule has 1 aliphatic carbocycles. The maximum absolute atomic E-state index is 11.9.